The van der Waals surface area contributed by atoms with Gasteiger partial charge in [-0.05, 0) is 62.2 Å². The van der Waals surface area contributed by atoms with E-state index in [1.54, 1.807) is 0 Å². The third-order valence-corrected chi connectivity index (χ3v) is 6.21. The summed E-state index contributed by atoms with van der Waals surface area (Å²) < 4.78 is 0. The lowest BCUT2D eigenvalue weighted by Gasteiger charge is -2.47. The third-order valence-electron chi connectivity index (χ3n) is 6.21. The van der Waals surface area contributed by atoms with E-state index in [0.29, 0.717) is 5.92 Å². The number of hydrogen-bond acceptors (Lipinski definition) is 1. The van der Waals surface area contributed by atoms with Gasteiger partial charge in [-0.1, -0.05) is 39.0 Å². The van der Waals surface area contributed by atoms with E-state index in [2.05, 4.69) is 6.92 Å². The highest BCUT2D eigenvalue weighted by Gasteiger charge is 2.47. The minimum absolute atomic E-state index is 0.285. The molecule has 0 aliphatic heterocycles. The maximum Gasteiger partial charge on any atom is 0.0681 e. The minimum Gasteiger partial charge on any atom is -0.390 e. The molecule has 3 fully saturated rings. The summed E-state index contributed by atoms with van der Waals surface area (Å²) in [5.41, 5.74) is -0.285. The Morgan fingerprint density at radius 3 is 2.44 bits per heavy atom. The van der Waals surface area contributed by atoms with Gasteiger partial charge in [-0.15, -0.1) is 0 Å². The van der Waals surface area contributed by atoms with E-state index in [9.17, 15) is 5.11 Å². The normalized spacial score (nSPS) is 46.0. The molecule has 1 heteroatoms. The van der Waals surface area contributed by atoms with Crippen molar-refractivity contribution in [1.82, 2.24) is 0 Å². The van der Waals surface area contributed by atoms with Gasteiger partial charge in [0, 0.05) is 0 Å². The van der Waals surface area contributed by atoms with E-state index in [-0.39, 0.29) is 5.60 Å². The monoisotopic (exact) mass is 250 g/mol. The molecule has 3 aliphatic carbocycles. The van der Waals surface area contributed by atoms with Crippen LogP contribution in [0.15, 0.2) is 0 Å². The number of hydrogen-bond donors (Lipinski definition) is 1. The molecule has 3 rings (SSSR count). The van der Waals surface area contributed by atoms with E-state index in [4.69, 9.17) is 0 Å². The Balaban J connectivity index is 1.70. The van der Waals surface area contributed by atoms with Gasteiger partial charge in [-0.3, -0.25) is 0 Å². The second-order valence-electron chi connectivity index (χ2n) is 7.36. The van der Waals surface area contributed by atoms with Crippen LogP contribution in [0.25, 0.3) is 0 Å². The molecular weight excluding hydrogens is 220 g/mol. The Kier molecular flexibility index (Phi) is 3.71. The molecule has 0 bridgehead atoms. The molecule has 0 heterocycles. The fourth-order valence-corrected chi connectivity index (χ4v) is 5.04. The molecule has 0 aromatic carbocycles. The predicted octanol–water partition coefficient (Wildman–Crippen LogP) is 4.53. The SMILES string of the molecule is CCC1CCCCC1C1(O)CCCC(C2CC2)C1. The molecule has 0 radical (unpaired) electrons. The first-order chi connectivity index (χ1) is 8.73. The molecule has 0 saturated heterocycles. The summed E-state index contributed by atoms with van der Waals surface area (Å²) in [7, 11) is 0. The lowest BCUT2D eigenvalue weighted by Crippen LogP contribution is -2.47. The fourth-order valence-electron chi connectivity index (χ4n) is 5.04. The lowest BCUT2D eigenvalue weighted by atomic mass is 9.62. The van der Waals surface area contributed by atoms with Crippen LogP contribution in [-0.2, 0) is 0 Å². The van der Waals surface area contributed by atoms with Gasteiger partial charge in [0.25, 0.3) is 0 Å². The van der Waals surface area contributed by atoms with Crippen molar-refractivity contribution in [3.63, 3.8) is 0 Å². The van der Waals surface area contributed by atoms with Gasteiger partial charge in [-0.25, -0.2) is 0 Å². The smallest absolute Gasteiger partial charge is 0.0681 e. The van der Waals surface area contributed by atoms with Crippen molar-refractivity contribution in [2.24, 2.45) is 23.7 Å². The zero-order chi connectivity index (χ0) is 12.6. The Labute approximate surface area is 112 Å². The van der Waals surface area contributed by atoms with Crippen molar-refractivity contribution in [3.8, 4) is 0 Å². The molecule has 0 amide bonds. The third kappa shape index (κ3) is 2.48. The molecule has 0 aromatic rings. The van der Waals surface area contributed by atoms with Gasteiger partial charge >= 0.3 is 0 Å². The van der Waals surface area contributed by atoms with Gasteiger partial charge in [0.05, 0.1) is 5.60 Å². The van der Waals surface area contributed by atoms with E-state index in [0.717, 1.165) is 30.6 Å². The summed E-state index contributed by atoms with van der Waals surface area (Å²) in [6, 6.07) is 0. The molecule has 4 unspecified atom stereocenters. The molecule has 3 aliphatic rings. The van der Waals surface area contributed by atoms with Crippen LogP contribution in [-0.4, -0.2) is 10.7 Å². The fraction of sp³-hybridized carbons (Fsp3) is 1.00. The van der Waals surface area contributed by atoms with Gasteiger partial charge in [0.2, 0.25) is 0 Å². The van der Waals surface area contributed by atoms with Gasteiger partial charge < -0.3 is 5.11 Å². The van der Waals surface area contributed by atoms with Crippen molar-refractivity contribution in [3.05, 3.63) is 0 Å². The quantitative estimate of drug-likeness (QED) is 0.780. The van der Waals surface area contributed by atoms with Gasteiger partial charge in [-0.2, -0.15) is 0 Å². The maximum absolute atomic E-state index is 11.2. The van der Waals surface area contributed by atoms with Gasteiger partial charge in [0.1, 0.15) is 0 Å². The Hall–Kier alpha value is -0.0400. The summed E-state index contributed by atoms with van der Waals surface area (Å²) in [5, 5.41) is 11.2. The van der Waals surface area contributed by atoms with Crippen LogP contribution in [0.4, 0.5) is 0 Å². The molecular formula is C17H30O. The topological polar surface area (TPSA) is 20.2 Å². The average molecular weight is 250 g/mol. The summed E-state index contributed by atoms with van der Waals surface area (Å²) in [6.45, 7) is 2.33. The van der Waals surface area contributed by atoms with Crippen molar-refractivity contribution in [2.75, 3.05) is 0 Å². The van der Waals surface area contributed by atoms with Crippen molar-refractivity contribution >= 4 is 0 Å². The summed E-state index contributed by atoms with van der Waals surface area (Å²) >= 11 is 0. The van der Waals surface area contributed by atoms with Crippen LogP contribution < -0.4 is 0 Å². The Morgan fingerprint density at radius 2 is 1.72 bits per heavy atom. The van der Waals surface area contributed by atoms with E-state index in [1.165, 1.54) is 57.8 Å². The number of rotatable bonds is 3. The molecule has 3 saturated carbocycles. The number of aliphatic hydroxyl groups is 1. The predicted molar refractivity (Wildman–Crippen MR) is 75.4 cm³/mol. The van der Waals surface area contributed by atoms with Crippen LogP contribution in [0, 0.1) is 23.7 Å². The van der Waals surface area contributed by atoms with Crippen LogP contribution in [0.5, 0.6) is 0 Å². The van der Waals surface area contributed by atoms with Crippen molar-refractivity contribution in [1.29, 1.82) is 0 Å². The van der Waals surface area contributed by atoms with Crippen LogP contribution in [0.1, 0.15) is 77.6 Å². The molecule has 1 N–H and O–H groups in total. The largest absolute Gasteiger partial charge is 0.390 e. The lowest BCUT2D eigenvalue weighted by molar-refractivity contribution is -0.0982. The van der Waals surface area contributed by atoms with Crippen LogP contribution >= 0.6 is 0 Å². The standard InChI is InChI=1S/C17H30O/c1-2-13-6-3-4-8-16(13)17(18)11-5-7-15(12-17)14-9-10-14/h13-16,18H,2-12H2,1H3. The summed E-state index contributed by atoms with van der Waals surface area (Å²) in [5.74, 6) is 3.28. The zero-order valence-corrected chi connectivity index (χ0v) is 12.0. The molecule has 1 nitrogen and oxygen atoms in total. The van der Waals surface area contributed by atoms with Crippen LogP contribution in [0.2, 0.25) is 0 Å². The van der Waals surface area contributed by atoms with Crippen molar-refractivity contribution < 1.29 is 5.11 Å². The Morgan fingerprint density at radius 1 is 0.944 bits per heavy atom. The summed E-state index contributed by atoms with van der Waals surface area (Å²) in [6.07, 6.45) is 14.5. The van der Waals surface area contributed by atoms with Crippen molar-refractivity contribution in [2.45, 2.75) is 83.2 Å². The molecule has 18 heavy (non-hydrogen) atoms. The first-order valence-corrected chi connectivity index (χ1v) is 8.45. The second kappa shape index (κ2) is 5.15. The first-order valence-electron chi connectivity index (χ1n) is 8.45. The maximum atomic E-state index is 11.2. The Bertz CT molecular complexity index is 283. The molecule has 0 spiro atoms. The highest BCUT2D eigenvalue weighted by atomic mass is 16.3. The average Bonchev–Trinajstić information content (AvgIpc) is 3.23. The van der Waals surface area contributed by atoms with Gasteiger partial charge in [0.15, 0.2) is 0 Å². The van der Waals surface area contributed by atoms with E-state index >= 15 is 0 Å². The molecule has 0 aromatic heterocycles. The minimum atomic E-state index is -0.285. The highest BCUT2D eigenvalue weighted by Crippen LogP contribution is 2.51. The van der Waals surface area contributed by atoms with Crippen LogP contribution in [0.3, 0.4) is 0 Å². The molecule has 4 atom stereocenters. The summed E-state index contributed by atoms with van der Waals surface area (Å²) in [4.78, 5) is 0. The first kappa shape index (κ1) is 13.0. The highest BCUT2D eigenvalue weighted by molar-refractivity contribution is 4.98. The second-order valence-corrected chi connectivity index (χ2v) is 7.36. The zero-order valence-electron chi connectivity index (χ0n) is 12.0. The molecule has 104 valence electrons. The van der Waals surface area contributed by atoms with E-state index in [1.807, 2.05) is 0 Å². The van der Waals surface area contributed by atoms with E-state index < -0.39 is 0 Å².